The zero-order valence-electron chi connectivity index (χ0n) is 15.9. The molecule has 3 N–H and O–H groups in total. The number of allylic oxidation sites excluding steroid dienone is 4. The highest BCUT2D eigenvalue weighted by molar-refractivity contribution is 9.10. The third kappa shape index (κ3) is 2.89. The highest BCUT2D eigenvalue weighted by atomic mass is 79.9. The molecule has 1 aliphatic carbocycles. The largest absolute Gasteiger partial charge is 0.504 e. The predicted octanol–water partition coefficient (Wildman–Crippen LogP) is 3.81. The van der Waals surface area contributed by atoms with Crippen molar-refractivity contribution in [1.29, 1.82) is 0 Å². The summed E-state index contributed by atoms with van der Waals surface area (Å²) in [5.41, 5.74) is 6.66. The fraction of sp³-hybridized carbons (Fsp3) is 0.333. The molecule has 0 radical (unpaired) electrons. The fourth-order valence-corrected chi connectivity index (χ4v) is 4.25. The van der Waals surface area contributed by atoms with Crippen LogP contribution in [0.5, 0.6) is 5.75 Å². The Morgan fingerprint density at radius 2 is 2.14 bits per heavy atom. The van der Waals surface area contributed by atoms with Crippen molar-refractivity contribution < 1.29 is 5.11 Å². The molecule has 0 saturated heterocycles. The lowest BCUT2D eigenvalue weighted by molar-refractivity contribution is 0.475. The Morgan fingerprint density at radius 3 is 2.93 bits per heavy atom. The van der Waals surface area contributed by atoms with Gasteiger partial charge < -0.3 is 15.4 Å². The van der Waals surface area contributed by atoms with E-state index < -0.39 is 0 Å². The molecule has 1 atom stereocenters. The summed E-state index contributed by atoms with van der Waals surface area (Å²) >= 11 is 3.68. The van der Waals surface area contributed by atoms with Gasteiger partial charge in [0.15, 0.2) is 11.6 Å². The molecule has 3 aromatic rings. The lowest BCUT2D eigenvalue weighted by Gasteiger charge is -2.20. The van der Waals surface area contributed by atoms with Crippen molar-refractivity contribution in [3.05, 3.63) is 47.2 Å². The van der Waals surface area contributed by atoms with E-state index in [9.17, 15) is 5.11 Å². The number of fused-ring (bicyclic) bond motifs is 2. The van der Waals surface area contributed by atoms with E-state index in [4.69, 9.17) is 4.98 Å². The number of imidazole rings is 1. The van der Waals surface area contributed by atoms with Gasteiger partial charge in [0.2, 0.25) is 0 Å². The molecule has 28 heavy (non-hydrogen) atoms. The van der Waals surface area contributed by atoms with Crippen LogP contribution in [0.15, 0.2) is 30.4 Å². The first kappa shape index (κ1) is 17.7. The molecule has 1 aliphatic heterocycles. The van der Waals surface area contributed by atoms with Gasteiger partial charge in [0.1, 0.15) is 11.4 Å². The normalized spacial score (nSPS) is 21.8. The second-order valence-electron chi connectivity index (χ2n) is 7.79. The smallest absolute Gasteiger partial charge is 0.173 e. The summed E-state index contributed by atoms with van der Waals surface area (Å²) in [6.07, 6.45) is 8.05. The van der Waals surface area contributed by atoms with Gasteiger partial charge in [-0.1, -0.05) is 34.2 Å². The number of hydrogen-bond acceptors (Lipinski definition) is 4. The maximum Gasteiger partial charge on any atom is 0.173 e. The SMILES string of the molecule is Cn1nc(C2=CCC(C)(Br)C=C2)c(O)c1-c1nc2cc3c(cc2[nH]1)CNCC3. The van der Waals surface area contributed by atoms with E-state index in [0.29, 0.717) is 17.2 Å². The van der Waals surface area contributed by atoms with Crippen LogP contribution >= 0.6 is 15.9 Å². The van der Waals surface area contributed by atoms with Gasteiger partial charge in [0.05, 0.1) is 11.0 Å². The fourth-order valence-electron chi connectivity index (χ4n) is 3.96. The molecule has 2 aromatic heterocycles. The van der Waals surface area contributed by atoms with Gasteiger partial charge in [0.25, 0.3) is 0 Å². The van der Waals surface area contributed by atoms with Gasteiger partial charge in [0, 0.05) is 23.5 Å². The minimum Gasteiger partial charge on any atom is -0.504 e. The molecular formula is C21H22BrN5O. The molecule has 1 unspecified atom stereocenters. The molecule has 0 saturated carbocycles. The molecule has 6 nitrogen and oxygen atoms in total. The Bertz CT molecular complexity index is 1110. The number of aryl methyl sites for hydroxylation is 1. The number of rotatable bonds is 2. The number of nitrogens with one attached hydrogen (secondary N) is 2. The van der Waals surface area contributed by atoms with Crippen LogP contribution in [0.4, 0.5) is 0 Å². The van der Waals surface area contributed by atoms with Gasteiger partial charge in [-0.2, -0.15) is 5.10 Å². The summed E-state index contributed by atoms with van der Waals surface area (Å²) in [6, 6.07) is 4.31. The molecule has 0 bridgehead atoms. The number of hydrogen-bond donors (Lipinski definition) is 3. The third-order valence-corrected chi connectivity index (χ3v) is 6.13. The van der Waals surface area contributed by atoms with Crippen LogP contribution in [-0.4, -0.2) is 35.7 Å². The van der Waals surface area contributed by atoms with Crippen molar-refractivity contribution in [3.63, 3.8) is 0 Å². The Balaban J connectivity index is 1.58. The van der Waals surface area contributed by atoms with E-state index >= 15 is 0 Å². The molecule has 3 heterocycles. The lowest BCUT2D eigenvalue weighted by atomic mass is 9.96. The molecule has 2 aliphatic rings. The molecule has 1 aromatic carbocycles. The van der Waals surface area contributed by atoms with Crippen LogP contribution in [-0.2, 0) is 20.0 Å². The molecule has 144 valence electrons. The van der Waals surface area contributed by atoms with Crippen molar-refractivity contribution in [1.82, 2.24) is 25.1 Å². The zero-order chi connectivity index (χ0) is 19.5. The Morgan fingerprint density at radius 1 is 1.29 bits per heavy atom. The molecule has 5 rings (SSSR count). The number of aromatic hydroxyl groups is 1. The number of halogens is 1. The number of alkyl halides is 1. The first-order chi connectivity index (χ1) is 13.4. The van der Waals surface area contributed by atoms with Crippen LogP contribution in [0.25, 0.3) is 28.1 Å². The van der Waals surface area contributed by atoms with E-state index in [1.54, 1.807) is 4.68 Å². The van der Waals surface area contributed by atoms with Gasteiger partial charge in [-0.3, -0.25) is 4.68 Å². The van der Waals surface area contributed by atoms with Crippen molar-refractivity contribution in [2.75, 3.05) is 6.54 Å². The highest BCUT2D eigenvalue weighted by Crippen LogP contribution is 2.39. The van der Waals surface area contributed by atoms with Gasteiger partial charge >= 0.3 is 0 Å². The summed E-state index contributed by atoms with van der Waals surface area (Å²) < 4.78 is 1.65. The van der Waals surface area contributed by atoms with E-state index in [1.807, 2.05) is 13.1 Å². The van der Waals surface area contributed by atoms with Gasteiger partial charge in [-0.15, -0.1) is 0 Å². The summed E-state index contributed by atoms with van der Waals surface area (Å²) in [4.78, 5) is 8.12. The van der Waals surface area contributed by atoms with E-state index in [2.05, 4.69) is 62.5 Å². The number of aromatic nitrogens is 4. The van der Waals surface area contributed by atoms with E-state index in [1.165, 1.54) is 11.1 Å². The molecule has 0 spiro atoms. The standard InChI is InChI=1S/C21H22BrN5O/c1-21(22)6-3-12(4-7-21)17-19(28)18(27(2)26-17)20-24-15-9-13-5-8-23-11-14(13)10-16(15)25-20/h3-4,6,9-10,23,28H,5,7-8,11H2,1-2H3,(H,24,25). The van der Waals surface area contributed by atoms with Crippen molar-refractivity contribution in [2.24, 2.45) is 7.05 Å². The number of H-pyrrole nitrogens is 1. The van der Waals surface area contributed by atoms with Gasteiger partial charge in [-0.05, 0) is 49.6 Å². The average Bonchev–Trinajstić information content (AvgIpc) is 3.19. The van der Waals surface area contributed by atoms with Crippen LogP contribution in [0.3, 0.4) is 0 Å². The third-order valence-electron chi connectivity index (χ3n) is 5.54. The quantitative estimate of drug-likeness (QED) is 0.530. The molecule has 0 amide bonds. The monoisotopic (exact) mass is 439 g/mol. The van der Waals surface area contributed by atoms with Crippen LogP contribution in [0.2, 0.25) is 0 Å². The summed E-state index contributed by atoms with van der Waals surface area (Å²) in [6.45, 7) is 4.00. The van der Waals surface area contributed by atoms with Crippen molar-refractivity contribution >= 4 is 32.5 Å². The minimum absolute atomic E-state index is 0.0452. The van der Waals surface area contributed by atoms with E-state index in [0.717, 1.165) is 42.5 Å². The number of aromatic amines is 1. The van der Waals surface area contributed by atoms with Crippen molar-refractivity contribution in [2.45, 2.75) is 30.6 Å². The minimum atomic E-state index is -0.0452. The van der Waals surface area contributed by atoms with Gasteiger partial charge in [-0.25, -0.2) is 4.98 Å². The Labute approximate surface area is 171 Å². The average molecular weight is 440 g/mol. The first-order valence-electron chi connectivity index (χ1n) is 9.48. The topological polar surface area (TPSA) is 78.8 Å². The Kier molecular flexibility index (Phi) is 4.00. The van der Waals surface area contributed by atoms with Crippen LogP contribution in [0, 0.1) is 0 Å². The predicted molar refractivity (Wildman–Crippen MR) is 114 cm³/mol. The summed E-state index contributed by atoms with van der Waals surface area (Å²) in [5.74, 6) is 0.789. The molecule has 0 fully saturated rings. The molecule has 7 heteroatoms. The number of nitrogens with zero attached hydrogens (tertiary/aromatic N) is 3. The maximum absolute atomic E-state index is 10.9. The highest BCUT2D eigenvalue weighted by Gasteiger charge is 2.25. The molecular weight excluding hydrogens is 418 g/mol. The summed E-state index contributed by atoms with van der Waals surface area (Å²) in [7, 11) is 1.84. The maximum atomic E-state index is 10.9. The Hall–Kier alpha value is -2.38. The lowest BCUT2D eigenvalue weighted by Crippen LogP contribution is -2.23. The second-order valence-corrected chi connectivity index (χ2v) is 9.61. The number of benzene rings is 1. The second kappa shape index (κ2) is 6.32. The van der Waals surface area contributed by atoms with Crippen LogP contribution in [0.1, 0.15) is 30.2 Å². The van der Waals surface area contributed by atoms with E-state index in [-0.39, 0.29) is 10.1 Å². The zero-order valence-corrected chi connectivity index (χ0v) is 17.5. The summed E-state index contributed by atoms with van der Waals surface area (Å²) in [5, 5.41) is 18.9. The first-order valence-corrected chi connectivity index (χ1v) is 10.3. The van der Waals surface area contributed by atoms with Crippen molar-refractivity contribution in [3.8, 4) is 17.3 Å². The van der Waals surface area contributed by atoms with Crippen LogP contribution < -0.4 is 5.32 Å².